The second-order valence-electron chi connectivity index (χ2n) is 11.9. The lowest BCUT2D eigenvalue weighted by Gasteiger charge is -2.44. The van der Waals surface area contributed by atoms with Crippen LogP contribution >= 0.6 is 11.3 Å². The van der Waals surface area contributed by atoms with E-state index in [4.69, 9.17) is 19.9 Å². The number of amides is 1. The highest BCUT2D eigenvalue weighted by atomic mass is 32.1. The normalized spacial score (nSPS) is 25.1. The van der Waals surface area contributed by atoms with E-state index in [1.165, 1.54) is 30.5 Å². The fourth-order valence-corrected chi connectivity index (χ4v) is 6.28. The first-order valence-corrected chi connectivity index (χ1v) is 15.7. The number of carbonyl (C=O) groups is 1. The summed E-state index contributed by atoms with van der Waals surface area (Å²) in [5.41, 5.74) is -1.74. The summed E-state index contributed by atoms with van der Waals surface area (Å²) in [4.78, 5) is 19.1. The van der Waals surface area contributed by atoms with Gasteiger partial charge in [0.15, 0.2) is 17.1 Å². The first-order chi connectivity index (χ1) is 23.7. The highest BCUT2D eigenvalue weighted by Crippen LogP contribution is 2.52. The smallest absolute Gasteiger partial charge is 0.433 e. The van der Waals surface area contributed by atoms with Gasteiger partial charge in [0.05, 0.1) is 6.10 Å². The molecule has 2 aliphatic rings. The molecule has 1 aliphatic heterocycles. The van der Waals surface area contributed by atoms with Crippen molar-refractivity contribution in [1.82, 2.24) is 9.97 Å². The summed E-state index contributed by atoms with van der Waals surface area (Å²) < 4.78 is 129. The van der Waals surface area contributed by atoms with Gasteiger partial charge in [-0.1, -0.05) is 12.1 Å². The third-order valence-electron chi connectivity index (χ3n) is 8.24. The number of aliphatic hydroxyl groups excluding tert-OH is 3. The number of benzene rings is 1. The molecule has 1 saturated carbocycles. The number of halogens is 8. The molecule has 280 valence electrons. The molecule has 51 heavy (non-hydrogen) atoms. The van der Waals surface area contributed by atoms with Crippen molar-refractivity contribution >= 4 is 17.2 Å². The number of nitrogens with two attached hydrogens (primary N) is 1. The van der Waals surface area contributed by atoms with E-state index in [0.29, 0.717) is 12.8 Å². The average molecular weight is 760 g/mol. The van der Waals surface area contributed by atoms with Crippen molar-refractivity contribution in [3.63, 3.8) is 0 Å². The van der Waals surface area contributed by atoms with E-state index < -0.39 is 71.6 Å². The van der Waals surface area contributed by atoms with Crippen LogP contribution in [-0.4, -0.2) is 91.6 Å². The molecule has 6 N–H and O–H groups in total. The van der Waals surface area contributed by atoms with Gasteiger partial charge in [0.2, 0.25) is 12.2 Å². The van der Waals surface area contributed by atoms with Gasteiger partial charge in [0.1, 0.15) is 23.3 Å². The van der Waals surface area contributed by atoms with E-state index in [9.17, 15) is 60.3 Å². The predicted molar refractivity (Wildman–Crippen MR) is 156 cm³/mol. The van der Waals surface area contributed by atoms with Gasteiger partial charge in [0.25, 0.3) is 5.91 Å². The Morgan fingerprint density at radius 1 is 1.00 bits per heavy atom. The molecule has 2 aromatic heterocycles. The lowest BCUT2D eigenvalue weighted by Crippen LogP contribution is -2.68. The van der Waals surface area contributed by atoms with Crippen molar-refractivity contribution in [2.24, 2.45) is 5.73 Å². The second kappa shape index (κ2) is 13.9. The van der Waals surface area contributed by atoms with E-state index in [2.05, 4.69) is 14.7 Å². The van der Waals surface area contributed by atoms with Crippen LogP contribution in [0, 0.1) is 0 Å². The molecule has 1 amide bonds. The van der Waals surface area contributed by atoms with Crippen molar-refractivity contribution in [3.8, 4) is 17.4 Å². The Morgan fingerprint density at radius 2 is 1.67 bits per heavy atom. The monoisotopic (exact) mass is 759 g/mol. The van der Waals surface area contributed by atoms with Crippen LogP contribution in [-0.2, 0) is 21.6 Å². The molecule has 0 bridgehead atoms. The highest BCUT2D eigenvalue weighted by Gasteiger charge is 2.73. The van der Waals surface area contributed by atoms with Crippen molar-refractivity contribution < 1.29 is 79.3 Å². The first kappa shape index (κ1) is 38.3. The molecular formula is C30H29F8N3O9S. The van der Waals surface area contributed by atoms with Gasteiger partial charge in [-0.15, -0.1) is 11.3 Å². The van der Waals surface area contributed by atoms with Gasteiger partial charge in [-0.2, -0.15) is 35.1 Å². The number of carbonyl (C=O) groups excluding carboxylic acids is 1. The summed E-state index contributed by atoms with van der Waals surface area (Å²) in [5.74, 6) is -3.10. The minimum atomic E-state index is -6.20. The third-order valence-corrected chi connectivity index (χ3v) is 9.46. The summed E-state index contributed by atoms with van der Waals surface area (Å²) in [6.07, 6.45) is -17.3. The minimum absolute atomic E-state index is 0.0727. The largest absolute Gasteiger partial charge is 0.487 e. The number of aromatic nitrogens is 2. The topological polar surface area (TPSA) is 187 Å². The number of alkyl halides is 8. The molecule has 6 atom stereocenters. The quantitative estimate of drug-likeness (QED) is 0.171. The zero-order chi connectivity index (χ0) is 37.7. The fourth-order valence-electron chi connectivity index (χ4n) is 5.10. The Morgan fingerprint density at radius 3 is 2.22 bits per heavy atom. The Hall–Kier alpha value is -3.89. The van der Waals surface area contributed by atoms with Crippen molar-refractivity contribution in [2.75, 3.05) is 0 Å². The van der Waals surface area contributed by atoms with Crippen molar-refractivity contribution in [2.45, 2.75) is 93.0 Å². The molecule has 1 saturated heterocycles. The standard InChI is InChI=1S/C30H29F8N3O9S/c1-27(24(39)45)22(44)20(42)21(43)23(50-27)49-19-7-2-12(10-40-19)8-15(13-3-6-16(48-26(31)32)17(9-13)47-14-4-5-14)18-11-41-25(51-18)28(46,29(33,34)35)30(36,37)38/h2-3,6-7,9-11,14-15,20-23,26,42-44,46H,4-5,8H2,1H3,(H2,39,45)/t15?,20-,21-,22+,23-,27+/m1/s1. The number of nitrogens with zero attached hydrogens (tertiary/aromatic N) is 2. The first-order valence-electron chi connectivity index (χ1n) is 14.9. The molecule has 0 spiro atoms. The SMILES string of the molecule is C[C@]1(C(N)=O)O[C@@H](Oc2ccc(CC(c3ccc(OC(F)F)c(OC4CC4)c3)c3cnc(C(O)(C(F)(F)F)C(F)(F)F)s3)cn2)[C@H](O)[C@@H](O)[C@@H]1O. The molecule has 5 rings (SSSR count). The summed E-state index contributed by atoms with van der Waals surface area (Å²) in [6.45, 7) is -2.19. The minimum Gasteiger partial charge on any atom is -0.487 e. The van der Waals surface area contributed by atoms with E-state index in [1.54, 1.807) is 0 Å². The molecule has 1 aliphatic carbocycles. The summed E-state index contributed by atoms with van der Waals surface area (Å²) in [7, 11) is 0. The van der Waals surface area contributed by atoms with Crippen molar-refractivity contribution in [1.29, 1.82) is 0 Å². The zero-order valence-electron chi connectivity index (χ0n) is 25.9. The van der Waals surface area contributed by atoms with Gasteiger partial charge < -0.3 is 45.1 Å². The predicted octanol–water partition coefficient (Wildman–Crippen LogP) is 3.43. The van der Waals surface area contributed by atoms with Crippen LogP contribution in [0.3, 0.4) is 0 Å². The number of aliphatic hydroxyl groups is 4. The van der Waals surface area contributed by atoms with Gasteiger partial charge in [-0.3, -0.25) is 4.79 Å². The Balaban J connectivity index is 1.48. The zero-order valence-corrected chi connectivity index (χ0v) is 26.8. The molecule has 12 nitrogen and oxygen atoms in total. The molecule has 0 radical (unpaired) electrons. The maximum absolute atomic E-state index is 13.7. The van der Waals surface area contributed by atoms with Crippen LogP contribution < -0.4 is 19.9 Å². The van der Waals surface area contributed by atoms with Crippen LogP contribution in [0.5, 0.6) is 17.4 Å². The summed E-state index contributed by atoms with van der Waals surface area (Å²) in [6, 6.07) is 6.19. The number of hydrogen-bond acceptors (Lipinski definition) is 12. The second-order valence-corrected chi connectivity index (χ2v) is 13.0. The van der Waals surface area contributed by atoms with Crippen LogP contribution in [0.25, 0.3) is 0 Å². The van der Waals surface area contributed by atoms with Crippen LogP contribution in [0.1, 0.15) is 46.7 Å². The molecule has 1 unspecified atom stereocenters. The van der Waals surface area contributed by atoms with Crippen LogP contribution in [0.2, 0.25) is 0 Å². The number of primary amides is 1. The lowest BCUT2D eigenvalue weighted by molar-refractivity contribution is -0.376. The van der Waals surface area contributed by atoms with E-state index in [0.717, 1.165) is 19.2 Å². The highest BCUT2D eigenvalue weighted by molar-refractivity contribution is 7.11. The molecule has 1 aromatic carbocycles. The fraction of sp³-hybridized carbons (Fsp3) is 0.500. The number of pyridine rings is 1. The number of hydrogen-bond donors (Lipinski definition) is 5. The van der Waals surface area contributed by atoms with Crippen molar-refractivity contribution in [3.05, 3.63) is 63.7 Å². The summed E-state index contributed by atoms with van der Waals surface area (Å²) in [5, 5.41) is 39.0. The van der Waals surface area contributed by atoms with E-state index >= 15 is 0 Å². The summed E-state index contributed by atoms with van der Waals surface area (Å²) >= 11 is -0.0727. The molecular weight excluding hydrogens is 730 g/mol. The Bertz CT molecular complexity index is 1690. The number of thiazole rings is 1. The van der Waals surface area contributed by atoms with Gasteiger partial charge in [-0.25, -0.2) is 9.97 Å². The Labute approximate surface area is 286 Å². The lowest BCUT2D eigenvalue weighted by atomic mass is 9.87. The van der Waals surface area contributed by atoms with Gasteiger partial charge >= 0.3 is 24.6 Å². The number of rotatable bonds is 12. The van der Waals surface area contributed by atoms with Gasteiger partial charge in [0, 0.05) is 29.3 Å². The molecule has 21 heteroatoms. The van der Waals surface area contributed by atoms with E-state index in [-0.39, 0.29) is 57.2 Å². The van der Waals surface area contributed by atoms with Crippen LogP contribution in [0.4, 0.5) is 35.1 Å². The van der Waals surface area contributed by atoms with Gasteiger partial charge in [-0.05, 0) is 49.4 Å². The number of ether oxygens (including phenoxy) is 4. The molecule has 3 heterocycles. The third kappa shape index (κ3) is 7.68. The molecule has 2 fully saturated rings. The van der Waals surface area contributed by atoms with Crippen LogP contribution in [0.15, 0.2) is 42.7 Å². The maximum atomic E-state index is 13.7. The van der Waals surface area contributed by atoms with E-state index in [1.807, 2.05) is 0 Å². The molecule has 3 aromatic rings. The maximum Gasteiger partial charge on any atom is 0.433 e. The Kier molecular flexibility index (Phi) is 10.5. The average Bonchev–Trinajstić information content (AvgIpc) is 3.73.